The van der Waals surface area contributed by atoms with Crippen LogP contribution in [0.2, 0.25) is 0 Å². The van der Waals surface area contributed by atoms with Crippen LogP contribution < -0.4 is 4.90 Å². The lowest BCUT2D eigenvalue weighted by Gasteiger charge is -2.19. The highest BCUT2D eigenvalue weighted by Gasteiger charge is 2.61. The molecule has 6 nitrogen and oxygen atoms in total. The quantitative estimate of drug-likeness (QED) is 0.477. The lowest BCUT2D eigenvalue weighted by molar-refractivity contribution is -0.387. The molecule has 2 saturated carbocycles. The van der Waals surface area contributed by atoms with E-state index < -0.39 is 16.4 Å². The second-order valence-corrected chi connectivity index (χ2v) is 6.29. The zero-order chi connectivity index (χ0) is 15.6. The van der Waals surface area contributed by atoms with Crippen LogP contribution in [0.15, 0.2) is 18.2 Å². The molecule has 0 spiro atoms. The van der Waals surface area contributed by atoms with Gasteiger partial charge in [0, 0.05) is 6.07 Å². The molecule has 22 heavy (non-hydrogen) atoms. The smallest absolute Gasteiger partial charge is 0.274 e. The molecule has 1 aromatic rings. The van der Waals surface area contributed by atoms with E-state index in [9.17, 15) is 24.1 Å². The molecule has 1 saturated heterocycles. The third kappa shape index (κ3) is 1.59. The highest BCUT2D eigenvalue weighted by atomic mass is 19.1. The third-order valence-corrected chi connectivity index (χ3v) is 5.31. The predicted octanol–water partition coefficient (Wildman–Crippen LogP) is 2.27. The molecule has 7 heteroatoms. The Labute approximate surface area is 125 Å². The molecule has 1 aliphatic heterocycles. The number of benzene rings is 1. The molecule has 2 amide bonds. The van der Waals surface area contributed by atoms with Crippen molar-refractivity contribution in [3.05, 3.63) is 34.1 Å². The molecule has 2 bridgehead atoms. The van der Waals surface area contributed by atoms with Crippen LogP contribution in [0.25, 0.3) is 0 Å². The molecule has 1 aromatic carbocycles. The maximum absolute atomic E-state index is 13.4. The van der Waals surface area contributed by atoms with E-state index in [1.807, 2.05) is 0 Å². The highest BCUT2D eigenvalue weighted by Crippen LogP contribution is 2.56. The lowest BCUT2D eigenvalue weighted by Crippen LogP contribution is -2.32. The Kier molecular flexibility index (Phi) is 2.64. The van der Waals surface area contributed by atoms with Crippen molar-refractivity contribution in [3.63, 3.8) is 0 Å². The molecular formula is C15H13FN2O4. The first-order valence-corrected chi connectivity index (χ1v) is 7.31. The molecule has 114 valence electrons. The van der Waals surface area contributed by atoms with E-state index >= 15 is 0 Å². The van der Waals surface area contributed by atoms with Gasteiger partial charge in [0.05, 0.1) is 22.4 Å². The summed E-state index contributed by atoms with van der Waals surface area (Å²) in [5.41, 5.74) is -0.630. The van der Waals surface area contributed by atoms with E-state index in [2.05, 4.69) is 0 Å². The normalized spacial score (nSPS) is 32.7. The van der Waals surface area contributed by atoms with Gasteiger partial charge in [0.1, 0.15) is 0 Å². The van der Waals surface area contributed by atoms with Gasteiger partial charge in [-0.1, -0.05) is 0 Å². The zero-order valence-corrected chi connectivity index (χ0v) is 11.6. The van der Waals surface area contributed by atoms with Crippen LogP contribution in [0.5, 0.6) is 0 Å². The van der Waals surface area contributed by atoms with Gasteiger partial charge in [-0.05, 0) is 43.2 Å². The maximum atomic E-state index is 13.4. The minimum absolute atomic E-state index is 0.0944. The first kappa shape index (κ1) is 13.4. The minimum Gasteiger partial charge on any atom is -0.274 e. The van der Waals surface area contributed by atoms with Crippen LogP contribution >= 0.6 is 0 Å². The second kappa shape index (κ2) is 4.34. The Morgan fingerprint density at radius 1 is 1.14 bits per heavy atom. The summed E-state index contributed by atoms with van der Waals surface area (Å²) >= 11 is 0. The van der Waals surface area contributed by atoms with Crippen molar-refractivity contribution in [1.29, 1.82) is 0 Å². The van der Waals surface area contributed by atoms with E-state index in [4.69, 9.17) is 0 Å². The summed E-state index contributed by atoms with van der Waals surface area (Å²) in [5.74, 6) is -1.66. The summed E-state index contributed by atoms with van der Waals surface area (Å²) in [6, 6.07) is 3.14. The van der Waals surface area contributed by atoms with Gasteiger partial charge in [0.15, 0.2) is 0 Å². The van der Waals surface area contributed by atoms with Crippen LogP contribution in [0.4, 0.5) is 15.8 Å². The van der Waals surface area contributed by atoms with Gasteiger partial charge in [-0.15, -0.1) is 0 Å². The first-order valence-electron chi connectivity index (χ1n) is 7.31. The summed E-state index contributed by atoms with van der Waals surface area (Å²) in [5, 5.41) is 10.8. The number of imide groups is 1. The third-order valence-electron chi connectivity index (χ3n) is 5.31. The average Bonchev–Trinajstić information content (AvgIpc) is 3.14. The van der Waals surface area contributed by atoms with E-state index in [0.29, 0.717) is 0 Å². The number of nitrogens with zero attached hydrogens (tertiary/aromatic N) is 2. The number of fused-ring (bicyclic) bond motifs is 5. The summed E-state index contributed by atoms with van der Waals surface area (Å²) in [6.45, 7) is 0. The first-order chi connectivity index (χ1) is 10.5. The summed E-state index contributed by atoms with van der Waals surface area (Å²) in [6.07, 6.45) is 2.84. The lowest BCUT2D eigenvalue weighted by atomic mass is 9.81. The molecule has 3 fully saturated rings. The fraction of sp³-hybridized carbons (Fsp3) is 0.467. The molecular weight excluding hydrogens is 291 g/mol. The fourth-order valence-electron chi connectivity index (χ4n) is 4.44. The van der Waals surface area contributed by atoms with Gasteiger partial charge in [0.2, 0.25) is 17.6 Å². The van der Waals surface area contributed by atoms with E-state index in [-0.39, 0.29) is 41.2 Å². The molecule has 1 heterocycles. The molecule has 4 atom stereocenters. The number of amides is 2. The summed E-state index contributed by atoms with van der Waals surface area (Å²) in [7, 11) is 0. The number of nitro groups is 1. The number of halogens is 1. The standard InChI is InChI=1S/C15H13FN2O4/c16-10-4-3-9(6-11(10)18(21)22)17-14(19)12-7-1-2-8(5-7)13(12)15(17)20/h3-4,6-8,12-13H,1-2,5H2/t7-,8-,12+,13+/m0/s1. The number of nitro benzene ring substituents is 1. The summed E-state index contributed by atoms with van der Waals surface area (Å²) in [4.78, 5) is 36.2. The molecule has 2 aliphatic carbocycles. The Hall–Kier alpha value is -2.31. The Bertz CT molecular complexity index is 691. The molecule has 0 aromatic heterocycles. The Morgan fingerprint density at radius 3 is 2.27 bits per heavy atom. The van der Waals surface area contributed by atoms with E-state index in [0.717, 1.165) is 36.3 Å². The van der Waals surface area contributed by atoms with Crippen LogP contribution in [0, 0.1) is 39.6 Å². The number of carbonyl (C=O) groups is 2. The van der Waals surface area contributed by atoms with Crippen molar-refractivity contribution in [1.82, 2.24) is 0 Å². The monoisotopic (exact) mass is 304 g/mol. The van der Waals surface area contributed by atoms with Crippen LogP contribution in [-0.2, 0) is 9.59 Å². The fourth-order valence-corrected chi connectivity index (χ4v) is 4.44. The van der Waals surface area contributed by atoms with Crippen molar-refractivity contribution in [2.45, 2.75) is 19.3 Å². The molecule has 0 radical (unpaired) electrons. The number of anilines is 1. The summed E-state index contributed by atoms with van der Waals surface area (Å²) < 4.78 is 13.4. The highest BCUT2D eigenvalue weighted by molar-refractivity contribution is 6.22. The molecule has 3 aliphatic rings. The largest absolute Gasteiger partial charge is 0.306 e. The topological polar surface area (TPSA) is 80.5 Å². The van der Waals surface area contributed by atoms with Gasteiger partial charge in [-0.25, -0.2) is 4.90 Å². The van der Waals surface area contributed by atoms with Gasteiger partial charge in [0.25, 0.3) is 0 Å². The predicted molar refractivity (Wildman–Crippen MR) is 73.4 cm³/mol. The molecule has 0 unspecified atom stereocenters. The number of carbonyl (C=O) groups excluding carboxylic acids is 2. The van der Waals surface area contributed by atoms with Crippen LogP contribution in [0.1, 0.15) is 19.3 Å². The van der Waals surface area contributed by atoms with Gasteiger partial charge >= 0.3 is 5.69 Å². The van der Waals surface area contributed by atoms with Crippen LogP contribution in [-0.4, -0.2) is 16.7 Å². The van der Waals surface area contributed by atoms with E-state index in [1.165, 1.54) is 6.07 Å². The van der Waals surface area contributed by atoms with Crippen molar-refractivity contribution < 1.29 is 18.9 Å². The average molecular weight is 304 g/mol. The minimum atomic E-state index is -0.979. The number of rotatable bonds is 2. The SMILES string of the molecule is O=C1[C@@H]2[C@H]3CC[C@@H](C3)[C@H]2C(=O)N1c1ccc(F)c([N+](=O)[O-])c1. The van der Waals surface area contributed by atoms with Crippen molar-refractivity contribution in [2.24, 2.45) is 23.7 Å². The van der Waals surface area contributed by atoms with E-state index in [1.54, 1.807) is 0 Å². The zero-order valence-electron chi connectivity index (χ0n) is 11.6. The van der Waals surface area contributed by atoms with Crippen molar-refractivity contribution >= 4 is 23.2 Å². The number of hydrogen-bond donors (Lipinski definition) is 0. The maximum Gasteiger partial charge on any atom is 0.306 e. The van der Waals surface area contributed by atoms with Crippen molar-refractivity contribution in [3.8, 4) is 0 Å². The van der Waals surface area contributed by atoms with Crippen LogP contribution in [0.3, 0.4) is 0 Å². The van der Waals surface area contributed by atoms with Gasteiger partial charge in [-0.3, -0.25) is 19.7 Å². The molecule has 0 N–H and O–H groups in total. The Morgan fingerprint density at radius 2 is 1.73 bits per heavy atom. The Balaban J connectivity index is 1.75. The molecule has 4 rings (SSSR count). The van der Waals surface area contributed by atoms with Gasteiger partial charge < -0.3 is 0 Å². The van der Waals surface area contributed by atoms with Crippen molar-refractivity contribution in [2.75, 3.05) is 4.90 Å². The number of hydrogen-bond acceptors (Lipinski definition) is 4. The second-order valence-electron chi connectivity index (χ2n) is 6.29. The van der Waals surface area contributed by atoms with Gasteiger partial charge in [-0.2, -0.15) is 4.39 Å².